The van der Waals surface area contributed by atoms with Gasteiger partial charge in [-0.2, -0.15) is 0 Å². The molecule has 21 heavy (non-hydrogen) atoms. The summed E-state index contributed by atoms with van der Waals surface area (Å²) in [5.74, 6) is -3.57. The van der Waals surface area contributed by atoms with Crippen molar-refractivity contribution in [2.75, 3.05) is 0 Å². The van der Waals surface area contributed by atoms with E-state index in [0.717, 1.165) is 17.7 Å². The average molecular weight is 294 g/mol. The zero-order chi connectivity index (χ0) is 15.1. The second-order valence-electron chi connectivity index (χ2n) is 5.20. The lowest BCUT2D eigenvalue weighted by atomic mass is 9.94. The van der Waals surface area contributed by atoms with Crippen molar-refractivity contribution in [1.82, 2.24) is 0 Å². The molecule has 2 aromatic rings. The molecule has 0 aliphatic carbocycles. The van der Waals surface area contributed by atoms with Crippen molar-refractivity contribution in [2.24, 2.45) is 0 Å². The summed E-state index contributed by atoms with van der Waals surface area (Å²) in [5, 5.41) is 10.2. The summed E-state index contributed by atoms with van der Waals surface area (Å²) in [5.41, 5.74) is 1.79. The molecule has 1 aliphatic rings. The quantitative estimate of drug-likeness (QED) is 0.806. The van der Waals surface area contributed by atoms with Crippen LogP contribution in [0.2, 0.25) is 0 Å². The minimum absolute atomic E-state index is 0.154. The van der Waals surface area contributed by atoms with E-state index in [0.29, 0.717) is 11.3 Å². The first-order valence-corrected chi connectivity index (χ1v) is 6.55. The fraction of sp³-hybridized carbons (Fsp3) is 0.250. The first kappa shape index (κ1) is 13.9. The number of aliphatic hydroxyl groups excluding tert-OH is 1. The maximum atomic E-state index is 13.3. The van der Waals surface area contributed by atoms with E-state index in [9.17, 15) is 18.3 Å². The number of benzene rings is 2. The molecule has 5 heteroatoms. The van der Waals surface area contributed by atoms with Crippen LogP contribution in [0.3, 0.4) is 0 Å². The molecular formula is C16H13F3O2. The molecule has 1 N–H and O–H groups in total. The Balaban J connectivity index is 1.98. The summed E-state index contributed by atoms with van der Waals surface area (Å²) in [6.45, 7) is 1.89. The van der Waals surface area contributed by atoms with Gasteiger partial charge in [0.1, 0.15) is 11.9 Å². The normalized spacial score (nSPS) is 20.8. The number of aliphatic hydroxyl groups is 1. The molecule has 0 fully saturated rings. The van der Waals surface area contributed by atoms with Crippen LogP contribution in [-0.2, 0) is 0 Å². The van der Waals surface area contributed by atoms with E-state index < -0.39 is 29.7 Å². The van der Waals surface area contributed by atoms with Gasteiger partial charge >= 0.3 is 0 Å². The molecule has 0 saturated heterocycles. The standard InChI is InChI=1S/C16H13F3O2/c1-8-2-3-14-10(4-8)13(20)7-15(21-14)9-5-11(17)16(19)12(18)6-9/h2-6,13,15,20H,7H2,1H3/t13-,15?/m1/s1. The van der Waals surface area contributed by atoms with Gasteiger partial charge in [-0.05, 0) is 36.8 Å². The van der Waals surface area contributed by atoms with Gasteiger partial charge in [-0.1, -0.05) is 11.6 Å². The molecule has 3 rings (SSSR count). The summed E-state index contributed by atoms with van der Waals surface area (Å²) in [7, 11) is 0. The van der Waals surface area contributed by atoms with Gasteiger partial charge in [-0.15, -0.1) is 0 Å². The summed E-state index contributed by atoms with van der Waals surface area (Å²) in [4.78, 5) is 0. The second kappa shape index (κ2) is 5.07. The number of hydrogen-bond donors (Lipinski definition) is 1. The molecule has 2 nitrogen and oxygen atoms in total. The SMILES string of the molecule is Cc1ccc2c(c1)[C@H](O)CC(c1cc(F)c(F)c(F)c1)O2. The Morgan fingerprint density at radius 1 is 1.10 bits per heavy atom. The van der Waals surface area contributed by atoms with Crippen molar-refractivity contribution in [3.8, 4) is 5.75 Å². The molecule has 0 spiro atoms. The molecule has 0 saturated carbocycles. The Hall–Kier alpha value is -2.01. The summed E-state index contributed by atoms with van der Waals surface area (Å²) < 4.78 is 45.3. The topological polar surface area (TPSA) is 29.5 Å². The van der Waals surface area contributed by atoms with E-state index in [-0.39, 0.29) is 12.0 Å². The van der Waals surface area contributed by atoms with Crippen LogP contribution in [0.4, 0.5) is 13.2 Å². The first-order chi connectivity index (χ1) is 9.95. The van der Waals surface area contributed by atoms with Crippen molar-refractivity contribution in [1.29, 1.82) is 0 Å². The van der Waals surface area contributed by atoms with E-state index in [1.165, 1.54) is 0 Å². The van der Waals surface area contributed by atoms with Crippen LogP contribution in [0.25, 0.3) is 0 Å². The highest BCUT2D eigenvalue weighted by molar-refractivity contribution is 5.41. The van der Waals surface area contributed by atoms with Gasteiger partial charge in [-0.3, -0.25) is 0 Å². The molecule has 2 aromatic carbocycles. The maximum Gasteiger partial charge on any atom is 0.194 e. The predicted molar refractivity (Wildman–Crippen MR) is 70.4 cm³/mol. The Kier molecular flexibility index (Phi) is 3.37. The van der Waals surface area contributed by atoms with E-state index in [1.54, 1.807) is 6.07 Å². The van der Waals surface area contributed by atoms with Crippen LogP contribution in [0, 0.1) is 24.4 Å². The molecule has 0 bridgehead atoms. The largest absolute Gasteiger partial charge is 0.485 e. The highest BCUT2D eigenvalue weighted by atomic mass is 19.2. The lowest BCUT2D eigenvalue weighted by Gasteiger charge is -2.30. The van der Waals surface area contributed by atoms with Gasteiger partial charge < -0.3 is 9.84 Å². The molecule has 0 aromatic heterocycles. The van der Waals surface area contributed by atoms with E-state index >= 15 is 0 Å². The van der Waals surface area contributed by atoms with Gasteiger partial charge in [0.15, 0.2) is 17.5 Å². The van der Waals surface area contributed by atoms with Crippen LogP contribution >= 0.6 is 0 Å². The monoisotopic (exact) mass is 294 g/mol. The van der Waals surface area contributed by atoms with Crippen LogP contribution in [0.5, 0.6) is 5.75 Å². The van der Waals surface area contributed by atoms with Gasteiger partial charge in [0.05, 0.1) is 6.10 Å². The molecule has 0 radical (unpaired) electrons. The van der Waals surface area contributed by atoms with Gasteiger partial charge in [0, 0.05) is 12.0 Å². The van der Waals surface area contributed by atoms with E-state index in [2.05, 4.69) is 0 Å². The zero-order valence-corrected chi connectivity index (χ0v) is 11.2. The van der Waals surface area contributed by atoms with Crippen molar-refractivity contribution in [2.45, 2.75) is 25.6 Å². The van der Waals surface area contributed by atoms with Gasteiger partial charge in [0.25, 0.3) is 0 Å². The van der Waals surface area contributed by atoms with Crippen molar-refractivity contribution in [3.63, 3.8) is 0 Å². The third-order valence-electron chi connectivity index (χ3n) is 3.61. The number of ether oxygens (including phenoxy) is 1. The minimum atomic E-state index is -1.51. The highest BCUT2D eigenvalue weighted by Gasteiger charge is 2.29. The Morgan fingerprint density at radius 2 is 1.76 bits per heavy atom. The van der Waals surface area contributed by atoms with E-state index in [4.69, 9.17) is 4.74 Å². The smallest absolute Gasteiger partial charge is 0.194 e. The highest BCUT2D eigenvalue weighted by Crippen LogP contribution is 2.41. The fourth-order valence-electron chi connectivity index (χ4n) is 2.53. The molecule has 1 unspecified atom stereocenters. The number of hydrogen-bond acceptors (Lipinski definition) is 2. The lowest BCUT2D eigenvalue weighted by Crippen LogP contribution is -2.19. The Morgan fingerprint density at radius 3 is 2.43 bits per heavy atom. The first-order valence-electron chi connectivity index (χ1n) is 6.55. The number of aryl methyl sites for hydroxylation is 1. The number of halogens is 3. The lowest BCUT2D eigenvalue weighted by molar-refractivity contribution is 0.0652. The molecule has 2 atom stereocenters. The zero-order valence-electron chi connectivity index (χ0n) is 11.2. The fourth-order valence-corrected chi connectivity index (χ4v) is 2.53. The van der Waals surface area contributed by atoms with Crippen LogP contribution in [-0.4, -0.2) is 5.11 Å². The third kappa shape index (κ3) is 2.49. The van der Waals surface area contributed by atoms with Crippen LogP contribution < -0.4 is 4.74 Å². The molecule has 1 heterocycles. The van der Waals surface area contributed by atoms with E-state index in [1.807, 2.05) is 19.1 Å². The van der Waals surface area contributed by atoms with Crippen molar-refractivity contribution in [3.05, 3.63) is 64.5 Å². The third-order valence-corrected chi connectivity index (χ3v) is 3.61. The minimum Gasteiger partial charge on any atom is -0.485 e. The Labute approximate surface area is 119 Å². The predicted octanol–water partition coefficient (Wildman–Crippen LogP) is 3.97. The molecule has 110 valence electrons. The molecule has 0 amide bonds. The number of fused-ring (bicyclic) bond motifs is 1. The summed E-state index contributed by atoms with van der Waals surface area (Å²) >= 11 is 0. The van der Waals surface area contributed by atoms with Crippen LogP contribution in [0.15, 0.2) is 30.3 Å². The van der Waals surface area contributed by atoms with Crippen molar-refractivity contribution >= 4 is 0 Å². The second-order valence-corrected chi connectivity index (χ2v) is 5.20. The summed E-state index contributed by atoms with van der Waals surface area (Å²) in [6, 6.07) is 7.13. The average Bonchev–Trinajstić information content (AvgIpc) is 2.44. The number of rotatable bonds is 1. The Bertz CT molecular complexity index is 677. The van der Waals surface area contributed by atoms with Gasteiger partial charge in [0.2, 0.25) is 0 Å². The summed E-state index contributed by atoms with van der Waals surface area (Å²) in [6.07, 6.45) is -1.37. The van der Waals surface area contributed by atoms with Crippen molar-refractivity contribution < 1.29 is 23.0 Å². The molecular weight excluding hydrogens is 281 g/mol. The maximum absolute atomic E-state index is 13.3. The van der Waals surface area contributed by atoms with Crippen LogP contribution in [0.1, 0.15) is 35.3 Å². The van der Waals surface area contributed by atoms with Gasteiger partial charge in [-0.25, -0.2) is 13.2 Å². The molecule has 1 aliphatic heterocycles.